The number of hydrogen-bond acceptors (Lipinski definition) is 4. The summed E-state index contributed by atoms with van der Waals surface area (Å²) in [4.78, 5) is 14.5. The van der Waals surface area contributed by atoms with Crippen molar-refractivity contribution in [2.24, 2.45) is 0 Å². The van der Waals surface area contributed by atoms with Crippen LogP contribution in [0.25, 0.3) is 11.1 Å². The Morgan fingerprint density at radius 1 is 1.27 bits per heavy atom. The van der Waals surface area contributed by atoms with Crippen molar-refractivity contribution >= 4 is 0 Å². The Bertz CT molecular complexity index is 743. The maximum atomic E-state index is 12.5. The molecule has 0 radical (unpaired) electrons. The molecule has 0 aliphatic carbocycles. The molecule has 1 N–H and O–H groups in total. The molecule has 5 nitrogen and oxygen atoms in total. The van der Waals surface area contributed by atoms with E-state index in [-0.39, 0.29) is 11.4 Å². The van der Waals surface area contributed by atoms with E-state index in [0.29, 0.717) is 12.1 Å². The van der Waals surface area contributed by atoms with E-state index in [4.69, 9.17) is 0 Å². The molecule has 2 rings (SSSR count). The van der Waals surface area contributed by atoms with E-state index in [1.54, 1.807) is 0 Å². The standard InChI is InChI=1S/C17H19N3O2/c1-19(2)9-6-10-20-16(21)11-14(15(12-18)17(20)22)13-7-4-3-5-8-13/h3-5,7-8,11,21H,6,9-10H2,1-2H3. The SMILES string of the molecule is CN(C)CCCn1c(O)cc(-c2ccccc2)c(C#N)c1=O. The summed E-state index contributed by atoms with van der Waals surface area (Å²) < 4.78 is 1.26. The molecule has 1 heterocycles. The molecule has 0 bridgehead atoms. The fourth-order valence-electron chi connectivity index (χ4n) is 2.35. The van der Waals surface area contributed by atoms with Crippen molar-refractivity contribution in [2.45, 2.75) is 13.0 Å². The maximum absolute atomic E-state index is 12.5. The van der Waals surface area contributed by atoms with Crippen LogP contribution in [0.4, 0.5) is 0 Å². The van der Waals surface area contributed by atoms with Crippen LogP contribution < -0.4 is 5.56 Å². The number of benzene rings is 1. The minimum absolute atomic E-state index is 0.0638. The normalized spacial score (nSPS) is 10.6. The molecule has 0 aliphatic heterocycles. The Morgan fingerprint density at radius 2 is 1.95 bits per heavy atom. The highest BCUT2D eigenvalue weighted by atomic mass is 16.3. The first-order chi connectivity index (χ1) is 10.5. The van der Waals surface area contributed by atoms with E-state index in [1.165, 1.54) is 10.6 Å². The zero-order valence-corrected chi connectivity index (χ0v) is 12.8. The summed E-state index contributed by atoms with van der Waals surface area (Å²) >= 11 is 0. The molecule has 0 spiro atoms. The van der Waals surface area contributed by atoms with Crippen LogP contribution >= 0.6 is 0 Å². The lowest BCUT2D eigenvalue weighted by Gasteiger charge is -2.14. The largest absolute Gasteiger partial charge is 0.494 e. The lowest BCUT2D eigenvalue weighted by Crippen LogP contribution is -2.25. The Labute approximate surface area is 129 Å². The molecule has 1 aromatic heterocycles. The van der Waals surface area contributed by atoms with Gasteiger partial charge in [0, 0.05) is 18.2 Å². The zero-order valence-electron chi connectivity index (χ0n) is 12.8. The van der Waals surface area contributed by atoms with Gasteiger partial charge in [-0.25, -0.2) is 0 Å². The number of nitrogens with zero attached hydrogens (tertiary/aromatic N) is 3. The highest BCUT2D eigenvalue weighted by Crippen LogP contribution is 2.24. The second-order valence-electron chi connectivity index (χ2n) is 5.38. The summed E-state index contributed by atoms with van der Waals surface area (Å²) in [6.07, 6.45) is 0.718. The number of aromatic hydroxyl groups is 1. The maximum Gasteiger partial charge on any atom is 0.271 e. The summed E-state index contributed by atoms with van der Waals surface area (Å²) in [6, 6.07) is 12.6. The van der Waals surface area contributed by atoms with Crippen LogP contribution in [0.1, 0.15) is 12.0 Å². The Morgan fingerprint density at radius 3 is 2.55 bits per heavy atom. The summed E-state index contributed by atoms with van der Waals surface area (Å²) in [7, 11) is 3.89. The Hall–Kier alpha value is -2.58. The number of aromatic nitrogens is 1. The molecule has 0 aliphatic rings. The molecule has 0 fully saturated rings. The predicted molar refractivity (Wildman–Crippen MR) is 85.7 cm³/mol. The molecular formula is C17H19N3O2. The van der Waals surface area contributed by atoms with Crippen molar-refractivity contribution in [3.05, 3.63) is 52.3 Å². The van der Waals surface area contributed by atoms with Gasteiger partial charge < -0.3 is 10.0 Å². The molecule has 114 valence electrons. The second-order valence-corrected chi connectivity index (χ2v) is 5.38. The van der Waals surface area contributed by atoms with Crippen molar-refractivity contribution in [3.8, 4) is 23.1 Å². The van der Waals surface area contributed by atoms with Crippen LogP contribution in [-0.4, -0.2) is 35.2 Å². The number of nitriles is 1. The van der Waals surface area contributed by atoms with Gasteiger partial charge in [-0.2, -0.15) is 5.26 Å². The molecule has 5 heteroatoms. The van der Waals surface area contributed by atoms with Crippen molar-refractivity contribution < 1.29 is 5.11 Å². The van der Waals surface area contributed by atoms with Crippen molar-refractivity contribution in [1.29, 1.82) is 5.26 Å². The summed E-state index contributed by atoms with van der Waals surface area (Å²) in [5.74, 6) is -0.110. The fourth-order valence-corrected chi connectivity index (χ4v) is 2.35. The monoisotopic (exact) mass is 297 g/mol. The average Bonchev–Trinajstić information content (AvgIpc) is 2.50. The van der Waals surface area contributed by atoms with E-state index in [2.05, 4.69) is 0 Å². The molecule has 22 heavy (non-hydrogen) atoms. The molecule has 0 saturated heterocycles. The van der Waals surface area contributed by atoms with E-state index in [1.807, 2.05) is 55.4 Å². The quantitative estimate of drug-likeness (QED) is 0.917. The lowest BCUT2D eigenvalue weighted by molar-refractivity contribution is 0.362. The first-order valence-corrected chi connectivity index (χ1v) is 7.11. The van der Waals surface area contributed by atoms with Gasteiger partial charge in [-0.3, -0.25) is 9.36 Å². The van der Waals surface area contributed by atoms with Crippen molar-refractivity contribution in [2.75, 3.05) is 20.6 Å². The Kier molecular flexibility index (Phi) is 4.97. The molecule has 0 unspecified atom stereocenters. The number of rotatable bonds is 5. The van der Waals surface area contributed by atoms with Gasteiger partial charge in [0.25, 0.3) is 5.56 Å². The van der Waals surface area contributed by atoms with Gasteiger partial charge in [-0.05, 0) is 32.6 Å². The third-order valence-electron chi connectivity index (χ3n) is 3.46. The van der Waals surface area contributed by atoms with Crippen LogP contribution in [0, 0.1) is 11.3 Å². The smallest absolute Gasteiger partial charge is 0.271 e. The molecule has 0 atom stereocenters. The number of hydrogen-bond donors (Lipinski definition) is 1. The van der Waals surface area contributed by atoms with Gasteiger partial charge >= 0.3 is 0 Å². The topological polar surface area (TPSA) is 69.3 Å². The van der Waals surface area contributed by atoms with Crippen LogP contribution in [0.5, 0.6) is 5.88 Å². The van der Waals surface area contributed by atoms with Gasteiger partial charge in [0.2, 0.25) is 0 Å². The van der Waals surface area contributed by atoms with E-state index >= 15 is 0 Å². The first kappa shape index (κ1) is 15.8. The molecule has 0 amide bonds. The van der Waals surface area contributed by atoms with Crippen LogP contribution in [-0.2, 0) is 6.54 Å². The predicted octanol–water partition coefficient (Wildman–Crippen LogP) is 2.04. The van der Waals surface area contributed by atoms with Crippen LogP contribution in [0.3, 0.4) is 0 Å². The fraction of sp³-hybridized carbons (Fsp3) is 0.294. The zero-order chi connectivity index (χ0) is 16.1. The third-order valence-corrected chi connectivity index (χ3v) is 3.46. The molecular weight excluding hydrogens is 278 g/mol. The van der Waals surface area contributed by atoms with Gasteiger partial charge in [0.1, 0.15) is 11.6 Å². The van der Waals surface area contributed by atoms with Gasteiger partial charge in [0.15, 0.2) is 5.88 Å². The van der Waals surface area contributed by atoms with E-state index in [0.717, 1.165) is 18.5 Å². The van der Waals surface area contributed by atoms with E-state index in [9.17, 15) is 15.2 Å². The summed E-state index contributed by atoms with van der Waals surface area (Å²) in [5.41, 5.74) is 0.829. The summed E-state index contributed by atoms with van der Waals surface area (Å²) in [6.45, 7) is 1.18. The van der Waals surface area contributed by atoms with Crippen LogP contribution in [0.15, 0.2) is 41.2 Å². The summed E-state index contributed by atoms with van der Waals surface area (Å²) in [5, 5.41) is 19.5. The molecule has 0 saturated carbocycles. The van der Waals surface area contributed by atoms with Gasteiger partial charge in [0.05, 0.1) is 0 Å². The average molecular weight is 297 g/mol. The molecule has 2 aromatic rings. The number of pyridine rings is 1. The third kappa shape index (κ3) is 3.35. The lowest BCUT2D eigenvalue weighted by atomic mass is 10.0. The van der Waals surface area contributed by atoms with E-state index < -0.39 is 5.56 Å². The van der Waals surface area contributed by atoms with Gasteiger partial charge in [-0.1, -0.05) is 30.3 Å². The highest BCUT2D eigenvalue weighted by Gasteiger charge is 2.15. The minimum Gasteiger partial charge on any atom is -0.494 e. The molecule has 1 aromatic carbocycles. The first-order valence-electron chi connectivity index (χ1n) is 7.11. The van der Waals surface area contributed by atoms with Gasteiger partial charge in [-0.15, -0.1) is 0 Å². The van der Waals surface area contributed by atoms with Crippen molar-refractivity contribution in [3.63, 3.8) is 0 Å². The second kappa shape index (κ2) is 6.92. The van der Waals surface area contributed by atoms with Crippen molar-refractivity contribution in [1.82, 2.24) is 9.47 Å². The Balaban J connectivity index is 2.45. The minimum atomic E-state index is -0.444. The highest BCUT2D eigenvalue weighted by molar-refractivity contribution is 5.70. The van der Waals surface area contributed by atoms with Crippen LogP contribution in [0.2, 0.25) is 0 Å².